The molecule has 2 aromatic heterocycles. The number of aromatic nitrogens is 3. The molecule has 2 aromatic rings. The average Bonchev–Trinajstić information content (AvgIpc) is 2.70. The smallest absolute Gasteiger partial charge is 0.275 e. The van der Waals surface area contributed by atoms with Crippen molar-refractivity contribution in [2.24, 2.45) is 7.05 Å². The molecule has 0 atom stereocenters. The highest BCUT2D eigenvalue weighted by Crippen LogP contribution is 2.23. The number of anilines is 1. The van der Waals surface area contributed by atoms with Crippen molar-refractivity contribution in [1.82, 2.24) is 14.8 Å². The molecule has 0 saturated carbocycles. The first kappa shape index (κ1) is 12.8. The molecule has 0 aliphatic rings. The lowest BCUT2D eigenvalue weighted by Crippen LogP contribution is -2.17. The van der Waals surface area contributed by atoms with E-state index in [1.54, 1.807) is 26.2 Å². The van der Waals surface area contributed by atoms with Crippen molar-refractivity contribution in [3.05, 3.63) is 35.2 Å². The zero-order chi connectivity index (χ0) is 13.3. The Labute approximate surface area is 110 Å². The summed E-state index contributed by atoms with van der Waals surface area (Å²) >= 11 is 5.84. The predicted octanol–water partition coefficient (Wildman–Crippen LogP) is 1.58. The lowest BCUT2D eigenvalue weighted by atomic mass is 10.3. The minimum atomic E-state index is -3.71. The molecule has 0 aliphatic heterocycles. The van der Waals surface area contributed by atoms with Gasteiger partial charge in [-0.05, 0) is 24.6 Å². The van der Waals surface area contributed by atoms with Gasteiger partial charge in [0.25, 0.3) is 10.0 Å². The molecule has 2 rings (SSSR count). The Bertz CT molecular complexity index is 681. The first-order valence-corrected chi connectivity index (χ1v) is 6.89. The molecule has 96 valence electrons. The summed E-state index contributed by atoms with van der Waals surface area (Å²) in [5, 5.41) is 3.97. The van der Waals surface area contributed by atoms with Gasteiger partial charge in [0.05, 0.1) is 11.9 Å². The van der Waals surface area contributed by atoms with Gasteiger partial charge in [-0.15, -0.1) is 0 Å². The third-order valence-electron chi connectivity index (χ3n) is 2.27. The normalized spacial score (nSPS) is 11.5. The van der Waals surface area contributed by atoms with E-state index in [2.05, 4.69) is 14.8 Å². The van der Waals surface area contributed by atoms with Crippen LogP contribution in [0.15, 0.2) is 29.6 Å². The molecule has 0 aliphatic carbocycles. The minimum absolute atomic E-state index is 0.0556. The molecule has 0 saturated heterocycles. The van der Waals surface area contributed by atoms with Crippen molar-refractivity contribution in [1.29, 1.82) is 0 Å². The van der Waals surface area contributed by atoms with E-state index in [9.17, 15) is 8.42 Å². The van der Waals surface area contributed by atoms with Crippen LogP contribution in [-0.4, -0.2) is 23.2 Å². The molecule has 0 radical (unpaired) electrons. The molecule has 0 amide bonds. The molecule has 18 heavy (non-hydrogen) atoms. The molecule has 0 spiro atoms. The Balaban J connectivity index is 2.40. The van der Waals surface area contributed by atoms with Crippen LogP contribution in [0, 0.1) is 6.92 Å². The molecule has 8 heteroatoms. The van der Waals surface area contributed by atoms with Crippen molar-refractivity contribution < 1.29 is 8.42 Å². The summed E-state index contributed by atoms with van der Waals surface area (Å²) in [6.07, 6.45) is 2.97. The maximum absolute atomic E-state index is 12.1. The van der Waals surface area contributed by atoms with Gasteiger partial charge in [-0.2, -0.15) is 13.5 Å². The van der Waals surface area contributed by atoms with Crippen molar-refractivity contribution in [3.8, 4) is 0 Å². The third kappa shape index (κ3) is 2.46. The van der Waals surface area contributed by atoms with Gasteiger partial charge in [-0.25, -0.2) is 4.98 Å². The molecule has 1 N–H and O–H groups in total. The first-order chi connectivity index (χ1) is 8.40. The summed E-state index contributed by atoms with van der Waals surface area (Å²) in [5.74, 6) is 0. The van der Waals surface area contributed by atoms with Crippen LogP contribution < -0.4 is 4.72 Å². The monoisotopic (exact) mass is 286 g/mol. The molecule has 0 unspecified atom stereocenters. The second kappa shape index (κ2) is 4.58. The van der Waals surface area contributed by atoms with E-state index in [-0.39, 0.29) is 15.9 Å². The number of pyridine rings is 1. The van der Waals surface area contributed by atoms with E-state index in [0.29, 0.717) is 0 Å². The van der Waals surface area contributed by atoms with E-state index in [4.69, 9.17) is 11.6 Å². The Morgan fingerprint density at radius 3 is 2.78 bits per heavy atom. The van der Waals surface area contributed by atoms with Crippen molar-refractivity contribution >= 4 is 27.3 Å². The summed E-state index contributed by atoms with van der Waals surface area (Å²) < 4.78 is 27.8. The highest BCUT2D eigenvalue weighted by atomic mass is 35.5. The van der Waals surface area contributed by atoms with Crippen molar-refractivity contribution in [2.45, 2.75) is 11.9 Å². The summed E-state index contributed by atoms with van der Waals surface area (Å²) in [4.78, 5) is 3.88. The van der Waals surface area contributed by atoms with Crippen molar-refractivity contribution in [2.75, 3.05) is 4.72 Å². The summed E-state index contributed by atoms with van der Waals surface area (Å²) in [6, 6.07) is 3.02. The molecular formula is C10H11ClN4O2S. The molecule has 0 aromatic carbocycles. The number of nitrogens with one attached hydrogen (secondary N) is 1. The second-order valence-electron chi connectivity index (χ2n) is 3.75. The van der Waals surface area contributed by atoms with E-state index in [1.807, 2.05) is 0 Å². The maximum Gasteiger partial charge on any atom is 0.279 e. The third-order valence-corrected chi connectivity index (χ3v) is 4.01. The van der Waals surface area contributed by atoms with Gasteiger partial charge in [0.1, 0.15) is 0 Å². The van der Waals surface area contributed by atoms with E-state index in [1.165, 1.54) is 16.9 Å². The van der Waals surface area contributed by atoms with E-state index >= 15 is 0 Å². The zero-order valence-electron chi connectivity index (χ0n) is 9.75. The number of hydrogen-bond acceptors (Lipinski definition) is 4. The average molecular weight is 287 g/mol. The highest BCUT2D eigenvalue weighted by Gasteiger charge is 2.19. The quantitative estimate of drug-likeness (QED) is 0.869. The lowest BCUT2D eigenvalue weighted by Gasteiger charge is -2.09. The summed E-state index contributed by atoms with van der Waals surface area (Å²) in [5.41, 5.74) is 1.06. The summed E-state index contributed by atoms with van der Waals surface area (Å²) in [7, 11) is -2.17. The van der Waals surface area contributed by atoms with E-state index in [0.717, 1.165) is 5.56 Å². The maximum atomic E-state index is 12.1. The van der Waals surface area contributed by atoms with Crippen LogP contribution in [0.2, 0.25) is 5.15 Å². The Hall–Kier alpha value is -1.60. The fourth-order valence-electron chi connectivity index (χ4n) is 1.45. The Kier molecular flexibility index (Phi) is 3.27. The van der Waals surface area contributed by atoms with Crippen LogP contribution in [0.4, 0.5) is 5.69 Å². The predicted molar refractivity (Wildman–Crippen MR) is 68.0 cm³/mol. The fraction of sp³-hybridized carbons (Fsp3) is 0.200. The number of sulfonamides is 1. The van der Waals surface area contributed by atoms with Crippen LogP contribution >= 0.6 is 11.6 Å². The van der Waals surface area contributed by atoms with Crippen LogP contribution in [0.5, 0.6) is 0 Å². The summed E-state index contributed by atoms with van der Waals surface area (Å²) in [6.45, 7) is 1.80. The highest BCUT2D eigenvalue weighted by molar-refractivity contribution is 7.92. The standard InChI is InChI=1S/C10H11ClN4O2S/c1-7-5-8(10(11)12-6-7)14-18(16,17)9-3-4-13-15(9)2/h3-6,14H,1-2H3. The largest absolute Gasteiger partial charge is 0.279 e. The lowest BCUT2D eigenvalue weighted by molar-refractivity contribution is 0.582. The molecule has 0 bridgehead atoms. The number of aryl methyl sites for hydroxylation is 2. The zero-order valence-corrected chi connectivity index (χ0v) is 11.3. The molecule has 2 heterocycles. The van der Waals surface area contributed by atoms with Crippen LogP contribution in [-0.2, 0) is 17.1 Å². The van der Waals surface area contributed by atoms with E-state index < -0.39 is 10.0 Å². The SMILES string of the molecule is Cc1cnc(Cl)c(NS(=O)(=O)c2ccnn2C)c1. The Morgan fingerprint density at radius 1 is 1.44 bits per heavy atom. The Morgan fingerprint density at radius 2 is 2.17 bits per heavy atom. The molecular weight excluding hydrogens is 276 g/mol. The fourth-order valence-corrected chi connectivity index (χ4v) is 2.84. The number of hydrogen-bond donors (Lipinski definition) is 1. The van der Waals surface area contributed by atoms with Gasteiger partial charge in [-0.3, -0.25) is 9.40 Å². The van der Waals surface area contributed by atoms with Crippen LogP contribution in [0.1, 0.15) is 5.56 Å². The molecule has 0 fully saturated rings. The van der Waals surface area contributed by atoms with Gasteiger partial charge in [0.15, 0.2) is 10.2 Å². The van der Waals surface area contributed by atoms with Gasteiger partial charge < -0.3 is 0 Å². The number of rotatable bonds is 3. The second-order valence-corrected chi connectivity index (χ2v) is 5.74. The van der Waals surface area contributed by atoms with Gasteiger partial charge >= 0.3 is 0 Å². The number of halogens is 1. The number of nitrogens with zero attached hydrogens (tertiary/aromatic N) is 3. The minimum Gasteiger partial charge on any atom is -0.275 e. The first-order valence-electron chi connectivity index (χ1n) is 5.03. The van der Waals surface area contributed by atoms with Crippen LogP contribution in [0.25, 0.3) is 0 Å². The van der Waals surface area contributed by atoms with Gasteiger partial charge in [0, 0.05) is 13.2 Å². The molecule has 6 nitrogen and oxygen atoms in total. The topological polar surface area (TPSA) is 76.9 Å². The van der Waals surface area contributed by atoms with Crippen molar-refractivity contribution in [3.63, 3.8) is 0 Å². The van der Waals surface area contributed by atoms with Crippen LogP contribution in [0.3, 0.4) is 0 Å². The van der Waals surface area contributed by atoms with Gasteiger partial charge in [0.2, 0.25) is 0 Å². The van der Waals surface area contributed by atoms with Gasteiger partial charge in [-0.1, -0.05) is 11.6 Å².